The zero-order valence-electron chi connectivity index (χ0n) is 13.7. The van der Waals surface area contributed by atoms with Crippen LogP contribution in [-0.4, -0.2) is 30.6 Å². The number of nitrogens with zero attached hydrogens (tertiary/aromatic N) is 1. The van der Waals surface area contributed by atoms with Gasteiger partial charge < -0.3 is 15.8 Å². The van der Waals surface area contributed by atoms with E-state index in [1.807, 2.05) is 38.1 Å². The highest BCUT2D eigenvalue weighted by atomic mass is 35.5. The Hall–Kier alpha value is -1.18. The largest absolute Gasteiger partial charge is 0.383 e. The Morgan fingerprint density at radius 3 is 2.62 bits per heavy atom. The van der Waals surface area contributed by atoms with E-state index in [-0.39, 0.29) is 31.0 Å². The highest BCUT2D eigenvalue weighted by molar-refractivity contribution is 7.15. The molecule has 5 nitrogen and oxygen atoms in total. The van der Waals surface area contributed by atoms with Gasteiger partial charge in [0, 0.05) is 17.7 Å². The van der Waals surface area contributed by atoms with Gasteiger partial charge in [-0.2, -0.15) is 0 Å². The van der Waals surface area contributed by atoms with E-state index in [0.717, 1.165) is 21.1 Å². The lowest BCUT2D eigenvalue weighted by Gasteiger charge is -2.16. The number of methoxy groups -OCH3 is 1. The molecule has 1 aromatic carbocycles. The van der Waals surface area contributed by atoms with E-state index in [2.05, 4.69) is 10.3 Å². The van der Waals surface area contributed by atoms with Crippen LogP contribution in [-0.2, 0) is 9.53 Å². The van der Waals surface area contributed by atoms with Gasteiger partial charge in [-0.05, 0) is 26.0 Å². The summed E-state index contributed by atoms with van der Waals surface area (Å²) in [7, 11) is 1.52. The summed E-state index contributed by atoms with van der Waals surface area (Å²) in [5, 5.41) is 4.49. The average molecular weight is 390 g/mol. The first kappa shape index (κ1) is 20.9. The van der Waals surface area contributed by atoms with E-state index < -0.39 is 6.04 Å². The molecule has 0 bridgehead atoms. The molecule has 0 fully saturated rings. The smallest absolute Gasteiger partial charge is 0.239 e. The Labute approximate surface area is 157 Å². The van der Waals surface area contributed by atoms with Crippen molar-refractivity contribution in [3.8, 4) is 10.6 Å². The van der Waals surface area contributed by atoms with Crippen LogP contribution in [0.2, 0.25) is 5.02 Å². The maximum atomic E-state index is 12.0. The van der Waals surface area contributed by atoms with Gasteiger partial charge in [-0.3, -0.25) is 4.79 Å². The fraction of sp³-hybridized carbons (Fsp3) is 0.375. The van der Waals surface area contributed by atoms with Crippen molar-refractivity contribution in [2.45, 2.75) is 25.9 Å². The molecule has 3 N–H and O–H groups in total. The van der Waals surface area contributed by atoms with Crippen LogP contribution in [0.5, 0.6) is 0 Å². The second-order valence-corrected chi connectivity index (χ2v) is 6.73. The number of hydrogen-bond donors (Lipinski definition) is 2. The number of carbonyl (C=O) groups excluding carboxylic acids is 1. The molecule has 24 heavy (non-hydrogen) atoms. The van der Waals surface area contributed by atoms with Gasteiger partial charge in [-0.15, -0.1) is 23.7 Å². The van der Waals surface area contributed by atoms with Crippen LogP contribution in [0.25, 0.3) is 10.6 Å². The predicted octanol–water partition coefficient (Wildman–Crippen LogP) is 3.34. The SMILES string of the molecule is COCC(N)C(=O)NC(C)c1sc(-c2ccc(Cl)cc2)nc1C.Cl. The van der Waals surface area contributed by atoms with E-state index >= 15 is 0 Å². The Balaban J connectivity index is 0.00000288. The topological polar surface area (TPSA) is 77.2 Å². The Kier molecular flexibility index (Phi) is 8.12. The number of halogens is 2. The molecule has 0 radical (unpaired) electrons. The summed E-state index contributed by atoms with van der Waals surface area (Å²) < 4.78 is 4.90. The lowest BCUT2D eigenvalue weighted by atomic mass is 10.2. The lowest BCUT2D eigenvalue weighted by Crippen LogP contribution is -2.44. The number of amides is 1. The molecule has 8 heteroatoms. The van der Waals surface area contributed by atoms with E-state index in [1.54, 1.807) is 11.3 Å². The number of rotatable bonds is 6. The van der Waals surface area contributed by atoms with Crippen LogP contribution >= 0.6 is 35.3 Å². The highest BCUT2D eigenvalue weighted by Crippen LogP contribution is 2.32. The highest BCUT2D eigenvalue weighted by Gasteiger charge is 2.20. The Morgan fingerprint density at radius 2 is 2.04 bits per heavy atom. The molecular weight excluding hydrogens is 369 g/mol. The summed E-state index contributed by atoms with van der Waals surface area (Å²) in [6, 6.07) is 6.70. The molecule has 2 unspecified atom stereocenters. The third-order valence-electron chi connectivity index (χ3n) is 3.36. The number of thiazole rings is 1. The van der Waals surface area contributed by atoms with Gasteiger partial charge in [0.1, 0.15) is 11.0 Å². The van der Waals surface area contributed by atoms with Crippen LogP contribution in [0.15, 0.2) is 24.3 Å². The van der Waals surface area contributed by atoms with Crippen molar-refractivity contribution < 1.29 is 9.53 Å². The molecule has 0 saturated heterocycles. The summed E-state index contributed by atoms with van der Waals surface area (Å²) in [6.45, 7) is 4.04. The maximum Gasteiger partial charge on any atom is 0.239 e. The van der Waals surface area contributed by atoms with Crippen molar-refractivity contribution in [2.75, 3.05) is 13.7 Å². The number of hydrogen-bond acceptors (Lipinski definition) is 5. The molecule has 0 saturated carbocycles. The molecule has 0 aliphatic heterocycles. The monoisotopic (exact) mass is 389 g/mol. The second-order valence-electron chi connectivity index (χ2n) is 5.27. The quantitative estimate of drug-likeness (QED) is 0.793. The minimum absolute atomic E-state index is 0. The van der Waals surface area contributed by atoms with Gasteiger partial charge >= 0.3 is 0 Å². The van der Waals surface area contributed by atoms with Gasteiger partial charge in [0.2, 0.25) is 5.91 Å². The van der Waals surface area contributed by atoms with Crippen LogP contribution in [0.1, 0.15) is 23.5 Å². The van der Waals surface area contributed by atoms with E-state index in [4.69, 9.17) is 22.1 Å². The van der Waals surface area contributed by atoms with E-state index in [9.17, 15) is 4.79 Å². The minimum Gasteiger partial charge on any atom is -0.383 e. The number of nitrogens with one attached hydrogen (secondary N) is 1. The Bertz CT molecular complexity index is 676. The number of aromatic nitrogens is 1. The van der Waals surface area contributed by atoms with Crippen molar-refractivity contribution >= 4 is 41.3 Å². The first-order valence-corrected chi connectivity index (χ1v) is 8.40. The first-order chi connectivity index (χ1) is 10.9. The standard InChI is InChI=1S/C16H20ClN3O2S.ClH/c1-9(19-15(21)13(18)8-22-3)14-10(2)20-16(23-14)11-4-6-12(17)7-5-11;/h4-7,9,13H,8,18H2,1-3H3,(H,19,21);1H. The molecule has 1 heterocycles. The van der Waals surface area contributed by atoms with Crippen molar-refractivity contribution in [1.29, 1.82) is 0 Å². The van der Waals surface area contributed by atoms with Crippen LogP contribution in [0.3, 0.4) is 0 Å². The molecule has 0 aliphatic rings. The molecule has 1 aromatic heterocycles. The molecule has 0 spiro atoms. The van der Waals surface area contributed by atoms with Crippen molar-refractivity contribution in [2.24, 2.45) is 5.73 Å². The average Bonchev–Trinajstić information content (AvgIpc) is 2.90. The zero-order valence-corrected chi connectivity index (χ0v) is 16.1. The summed E-state index contributed by atoms with van der Waals surface area (Å²) in [5.74, 6) is -0.236. The van der Waals surface area contributed by atoms with Gasteiger partial charge in [0.25, 0.3) is 0 Å². The van der Waals surface area contributed by atoms with E-state index in [0.29, 0.717) is 5.02 Å². The van der Waals surface area contributed by atoms with Crippen LogP contribution < -0.4 is 11.1 Å². The predicted molar refractivity (Wildman–Crippen MR) is 101 cm³/mol. The zero-order chi connectivity index (χ0) is 17.0. The third kappa shape index (κ3) is 5.16. The minimum atomic E-state index is -0.675. The summed E-state index contributed by atoms with van der Waals surface area (Å²) in [5.41, 5.74) is 7.64. The van der Waals surface area contributed by atoms with Crippen LogP contribution in [0, 0.1) is 6.92 Å². The Morgan fingerprint density at radius 1 is 1.42 bits per heavy atom. The summed E-state index contributed by atoms with van der Waals surface area (Å²) in [4.78, 5) is 17.6. The second kappa shape index (κ2) is 9.34. The van der Waals surface area contributed by atoms with Gasteiger partial charge in [0.05, 0.1) is 23.2 Å². The lowest BCUT2D eigenvalue weighted by molar-refractivity contribution is -0.124. The fourth-order valence-electron chi connectivity index (χ4n) is 2.17. The van der Waals surface area contributed by atoms with Gasteiger partial charge in [0.15, 0.2) is 0 Å². The van der Waals surface area contributed by atoms with E-state index in [1.165, 1.54) is 7.11 Å². The maximum absolute atomic E-state index is 12.0. The van der Waals surface area contributed by atoms with Crippen LogP contribution in [0.4, 0.5) is 0 Å². The molecule has 0 aliphatic carbocycles. The summed E-state index contributed by atoms with van der Waals surface area (Å²) >= 11 is 7.46. The molecule has 132 valence electrons. The fourth-order valence-corrected chi connectivity index (χ4v) is 3.37. The molecule has 1 amide bonds. The molecular formula is C16H21Cl2N3O2S. The molecule has 2 atom stereocenters. The number of benzene rings is 1. The number of aryl methyl sites for hydroxylation is 1. The molecule has 2 aromatic rings. The summed E-state index contributed by atoms with van der Waals surface area (Å²) in [6.07, 6.45) is 0. The van der Waals surface area contributed by atoms with Gasteiger partial charge in [-0.25, -0.2) is 4.98 Å². The normalized spacial score (nSPS) is 13.0. The van der Waals surface area contributed by atoms with Crippen molar-refractivity contribution in [3.63, 3.8) is 0 Å². The third-order valence-corrected chi connectivity index (χ3v) is 5.00. The number of nitrogens with two attached hydrogens (primary N) is 1. The van der Waals surface area contributed by atoms with Gasteiger partial charge in [-0.1, -0.05) is 23.7 Å². The number of ether oxygens (including phenoxy) is 1. The van der Waals surface area contributed by atoms with Crippen molar-refractivity contribution in [1.82, 2.24) is 10.3 Å². The number of carbonyl (C=O) groups is 1. The first-order valence-electron chi connectivity index (χ1n) is 7.20. The van der Waals surface area contributed by atoms with Crippen molar-refractivity contribution in [3.05, 3.63) is 39.9 Å². The molecule has 2 rings (SSSR count).